The Labute approximate surface area is 194 Å². The zero-order chi connectivity index (χ0) is 25.0. The molecule has 1 aliphatic heterocycles. The monoisotopic (exact) mass is 477 g/mol. The van der Waals surface area contributed by atoms with Crippen molar-refractivity contribution < 1.29 is 33.3 Å². The first-order valence-corrected chi connectivity index (χ1v) is 10.9. The summed E-state index contributed by atoms with van der Waals surface area (Å²) in [4.78, 5) is 14.5. The van der Waals surface area contributed by atoms with Gasteiger partial charge in [0.2, 0.25) is 0 Å². The molecule has 182 valence electrons. The highest BCUT2D eigenvalue weighted by Crippen LogP contribution is 2.45. The van der Waals surface area contributed by atoms with Crippen LogP contribution in [0.3, 0.4) is 0 Å². The van der Waals surface area contributed by atoms with Crippen LogP contribution < -0.4 is 10.2 Å². The summed E-state index contributed by atoms with van der Waals surface area (Å²) in [6.07, 6.45) is -6.66. The molecule has 1 heterocycles. The molecule has 2 aromatic carbocycles. The highest BCUT2D eigenvalue weighted by atomic mass is 19.4. The van der Waals surface area contributed by atoms with Crippen LogP contribution in [0.25, 0.3) is 16.3 Å². The number of carbonyl (C=O) groups is 1. The molecule has 1 saturated heterocycles. The molecule has 7 nitrogen and oxygen atoms in total. The highest BCUT2D eigenvalue weighted by molar-refractivity contribution is 6.09. The van der Waals surface area contributed by atoms with Crippen molar-refractivity contribution in [3.63, 3.8) is 0 Å². The van der Waals surface area contributed by atoms with Crippen LogP contribution in [0.1, 0.15) is 25.3 Å². The molecule has 1 aliphatic rings. The Bertz CT molecular complexity index is 1130. The third-order valence-electron chi connectivity index (χ3n) is 5.99. The predicted molar refractivity (Wildman–Crippen MR) is 121 cm³/mol. The summed E-state index contributed by atoms with van der Waals surface area (Å²) in [5.74, 6) is -1.34. The average Bonchev–Trinajstić information content (AvgIpc) is 3.23. The Morgan fingerprint density at radius 2 is 1.94 bits per heavy atom. The van der Waals surface area contributed by atoms with Crippen molar-refractivity contribution in [1.82, 2.24) is 5.32 Å². The van der Waals surface area contributed by atoms with Crippen molar-refractivity contribution in [3.05, 3.63) is 47.5 Å². The van der Waals surface area contributed by atoms with Crippen molar-refractivity contribution in [1.29, 1.82) is 5.26 Å². The zero-order valence-corrected chi connectivity index (χ0v) is 18.5. The van der Waals surface area contributed by atoms with Gasteiger partial charge in [-0.15, -0.1) is 0 Å². The third kappa shape index (κ3) is 5.17. The minimum Gasteiger partial charge on any atom is -0.394 e. The molecule has 2 aromatic rings. The van der Waals surface area contributed by atoms with Gasteiger partial charge in [-0.25, -0.2) is 0 Å². The van der Waals surface area contributed by atoms with Crippen molar-refractivity contribution in [2.75, 3.05) is 24.6 Å². The molecule has 0 bridgehead atoms. The molecule has 0 aromatic heterocycles. The van der Waals surface area contributed by atoms with E-state index < -0.39 is 48.6 Å². The van der Waals surface area contributed by atoms with E-state index >= 15 is 0 Å². The van der Waals surface area contributed by atoms with Gasteiger partial charge in [0.25, 0.3) is 5.91 Å². The molecular weight excluding hydrogens is 451 g/mol. The maximum atomic E-state index is 14.4. The largest absolute Gasteiger partial charge is 0.418 e. The van der Waals surface area contributed by atoms with Crippen molar-refractivity contribution in [2.45, 2.75) is 44.2 Å². The van der Waals surface area contributed by atoms with Gasteiger partial charge in [0.1, 0.15) is 17.7 Å². The number of rotatable bonds is 7. The number of carbonyl (C=O) groups excluding carboxylic acids is 1. The van der Waals surface area contributed by atoms with E-state index in [1.165, 1.54) is 18.2 Å². The molecule has 1 fully saturated rings. The number of allylic oxidation sites excluding steroid dienone is 1. The van der Waals surface area contributed by atoms with Gasteiger partial charge in [-0.1, -0.05) is 36.4 Å². The van der Waals surface area contributed by atoms with Crippen molar-refractivity contribution >= 4 is 27.9 Å². The second kappa shape index (κ2) is 10.4. The fraction of sp³-hybridized carbons (Fsp3) is 0.417. The molecule has 4 N–H and O–H groups in total. The molecule has 0 aliphatic carbocycles. The molecular formula is C24H26F3N3O4. The van der Waals surface area contributed by atoms with Crippen LogP contribution in [-0.2, 0) is 4.79 Å². The number of alkyl halides is 3. The number of nitriles is 1. The highest BCUT2D eigenvalue weighted by Gasteiger charge is 2.42. The van der Waals surface area contributed by atoms with Gasteiger partial charge in [-0.2, -0.15) is 18.4 Å². The summed E-state index contributed by atoms with van der Waals surface area (Å²) in [7, 11) is 0. The first-order chi connectivity index (χ1) is 16.1. The van der Waals surface area contributed by atoms with E-state index in [1.54, 1.807) is 24.3 Å². The van der Waals surface area contributed by atoms with Crippen LogP contribution in [0.5, 0.6) is 0 Å². The van der Waals surface area contributed by atoms with E-state index in [0.29, 0.717) is 17.6 Å². The first kappa shape index (κ1) is 25.5. The number of benzene rings is 2. The van der Waals surface area contributed by atoms with Crippen LogP contribution in [-0.4, -0.2) is 65.3 Å². The second-order valence-electron chi connectivity index (χ2n) is 8.25. The first-order valence-electron chi connectivity index (χ1n) is 10.9. The average molecular weight is 477 g/mol. The lowest BCUT2D eigenvalue weighted by Gasteiger charge is -2.29. The standard InChI is InChI=1S/C24H26F3N3O4/c1-14-5-4-10-30(14)22-16-7-3-2-6-15(16)8-9-17(22)21(24(25,26)27)18(11-28)23(34)29-12-19(32)20(33)13-31/h2-3,6-9,14,19-20,31-33H,4-5,10,12-13H2,1H3,(H,29,34)/b21-18-. The zero-order valence-electron chi connectivity index (χ0n) is 18.5. The number of halogens is 3. The minimum absolute atomic E-state index is 0.0338. The lowest BCUT2D eigenvalue weighted by atomic mass is 9.93. The molecule has 1 amide bonds. The van der Waals surface area contributed by atoms with Gasteiger partial charge in [-0.3, -0.25) is 4.79 Å². The summed E-state index contributed by atoms with van der Waals surface area (Å²) in [6, 6.07) is 11.2. The van der Waals surface area contributed by atoms with E-state index in [2.05, 4.69) is 5.32 Å². The van der Waals surface area contributed by atoms with Crippen LogP contribution in [0.2, 0.25) is 0 Å². The summed E-state index contributed by atoms with van der Waals surface area (Å²) >= 11 is 0. The second-order valence-corrected chi connectivity index (χ2v) is 8.25. The summed E-state index contributed by atoms with van der Waals surface area (Å²) in [6.45, 7) is 0.999. The molecule has 0 spiro atoms. The SMILES string of the molecule is CC1CCCN1c1c(/C(=C(\C#N)C(=O)NCC(O)C(O)CO)C(F)(F)F)ccc2ccccc12. The maximum Gasteiger partial charge on any atom is 0.418 e. The van der Waals surface area contributed by atoms with Crippen molar-refractivity contribution in [3.8, 4) is 6.07 Å². The number of amides is 1. The van der Waals surface area contributed by atoms with Gasteiger partial charge in [0.05, 0.1) is 24.0 Å². The third-order valence-corrected chi connectivity index (χ3v) is 5.99. The molecule has 3 atom stereocenters. The number of anilines is 1. The van der Waals surface area contributed by atoms with Crippen LogP contribution in [0.15, 0.2) is 42.0 Å². The maximum absolute atomic E-state index is 14.4. The minimum atomic E-state index is -5.04. The summed E-state index contributed by atoms with van der Waals surface area (Å²) < 4.78 is 43.3. The fourth-order valence-corrected chi connectivity index (χ4v) is 4.22. The Kier molecular flexibility index (Phi) is 7.82. The number of aliphatic hydroxyl groups excluding tert-OH is 3. The molecule has 0 radical (unpaired) electrons. The summed E-state index contributed by atoms with van der Waals surface area (Å²) in [5, 5.41) is 41.0. The predicted octanol–water partition coefficient (Wildman–Crippen LogP) is 2.50. The van der Waals surface area contributed by atoms with Crippen LogP contribution >= 0.6 is 0 Å². The quantitative estimate of drug-likeness (QED) is 0.360. The lowest BCUT2D eigenvalue weighted by Crippen LogP contribution is -2.41. The van der Waals surface area contributed by atoms with Crippen molar-refractivity contribution in [2.24, 2.45) is 0 Å². The van der Waals surface area contributed by atoms with Gasteiger partial charge in [0, 0.05) is 30.1 Å². The van der Waals surface area contributed by atoms with E-state index in [4.69, 9.17) is 5.11 Å². The van der Waals surface area contributed by atoms with Gasteiger partial charge in [-0.05, 0) is 25.2 Å². The smallest absolute Gasteiger partial charge is 0.394 e. The number of fused-ring (bicyclic) bond motifs is 1. The van der Waals surface area contributed by atoms with E-state index in [9.17, 15) is 33.4 Å². The Hall–Kier alpha value is -3.13. The molecule has 34 heavy (non-hydrogen) atoms. The molecule has 3 rings (SSSR count). The van der Waals surface area contributed by atoms with Gasteiger partial charge in [0.15, 0.2) is 0 Å². The number of aliphatic hydroxyl groups is 3. The number of hydrogen-bond donors (Lipinski definition) is 4. The molecule has 10 heteroatoms. The number of nitrogens with one attached hydrogen (secondary N) is 1. The van der Waals surface area contributed by atoms with Gasteiger partial charge < -0.3 is 25.5 Å². The topological polar surface area (TPSA) is 117 Å². The number of nitrogens with zero attached hydrogens (tertiary/aromatic N) is 2. The van der Waals surface area contributed by atoms with Gasteiger partial charge >= 0.3 is 6.18 Å². The van der Waals surface area contributed by atoms with E-state index in [0.717, 1.165) is 18.2 Å². The normalized spacial score (nSPS) is 18.9. The summed E-state index contributed by atoms with van der Waals surface area (Å²) in [5.41, 5.74) is -2.49. The lowest BCUT2D eigenvalue weighted by molar-refractivity contribution is -0.118. The molecule has 0 saturated carbocycles. The number of hydrogen-bond acceptors (Lipinski definition) is 6. The fourth-order valence-electron chi connectivity index (χ4n) is 4.22. The van der Waals surface area contributed by atoms with Crippen LogP contribution in [0, 0.1) is 11.3 Å². The van der Waals surface area contributed by atoms with E-state index in [-0.39, 0.29) is 11.6 Å². The Balaban J connectivity index is 2.19. The van der Waals surface area contributed by atoms with Crippen LogP contribution in [0.4, 0.5) is 18.9 Å². The Morgan fingerprint density at radius 1 is 1.24 bits per heavy atom. The Morgan fingerprint density at radius 3 is 2.53 bits per heavy atom. The van der Waals surface area contributed by atoms with E-state index in [1.807, 2.05) is 11.8 Å². The molecule has 3 unspecified atom stereocenters.